The van der Waals surface area contributed by atoms with Crippen LogP contribution < -0.4 is 5.32 Å². The fraction of sp³-hybridized carbons (Fsp3) is 0.250. The molecule has 2 aromatic rings. The van der Waals surface area contributed by atoms with Gasteiger partial charge in [-0.3, -0.25) is 0 Å². The van der Waals surface area contributed by atoms with Crippen molar-refractivity contribution >= 4 is 11.6 Å². The van der Waals surface area contributed by atoms with Gasteiger partial charge in [0.1, 0.15) is 5.82 Å². The molecule has 1 aromatic heterocycles. The Hall–Kier alpha value is -1.32. The van der Waals surface area contributed by atoms with Gasteiger partial charge in [0.15, 0.2) is 0 Å². The number of H-pyrrole nitrogens is 1. The van der Waals surface area contributed by atoms with Crippen molar-refractivity contribution in [1.29, 1.82) is 0 Å². The van der Waals surface area contributed by atoms with Crippen molar-refractivity contribution in [2.24, 2.45) is 0 Å². The average Bonchev–Trinajstić information content (AvgIpc) is 2.79. The maximum absolute atomic E-state index is 6.12. The van der Waals surface area contributed by atoms with E-state index in [2.05, 4.69) is 22.2 Å². The Kier molecular flexibility index (Phi) is 3.59. The molecular formula is C12H14ClN3. The fourth-order valence-corrected chi connectivity index (χ4v) is 1.88. The largest absolute Gasteiger partial charge is 0.348 e. The van der Waals surface area contributed by atoms with Gasteiger partial charge in [-0.25, -0.2) is 4.98 Å². The van der Waals surface area contributed by atoms with Crippen LogP contribution in [0, 0.1) is 0 Å². The highest BCUT2D eigenvalue weighted by atomic mass is 35.5. The highest BCUT2D eigenvalue weighted by Crippen LogP contribution is 2.22. The van der Waals surface area contributed by atoms with Crippen molar-refractivity contribution < 1.29 is 0 Å². The van der Waals surface area contributed by atoms with Gasteiger partial charge in [-0.2, -0.15) is 0 Å². The smallest absolute Gasteiger partial charge is 0.120 e. The van der Waals surface area contributed by atoms with E-state index in [0.717, 1.165) is 16.4 Å². The summed E-state index contributed by atoms with van der Waals surface area (Å²) in [6, 6.07) is 8.07. The zero-order valence-corrected chi connectivity index (χ0v) is 9.83. The summed E-state index contributed by atoms with van der Waals surface area (Å²) in [5.41, 5.74) is 1.11. The summed E-state index contributed by atoms with van der Waals surface area (Å²) >= 11 is 6.12. The maximum Gasteiger partial charge on any atom is 0.120 e. The van der Waals surface area contributed by atoms with Gasteiger partial charge in [-0.1, -0.05) is 29.8 Å². The lowest BCUT2D eigenvalue weighted by atomic mass is 10.1. The molecule has 2 rings (SSSR count). The Labute approximate surface area is 99.9 Å². The van der Waals surface area contributed by atoms with E-state index in [4.69, 9.17) is 11.6 Å². The van der Waals surface area contributed by atoms with Gasteiger partial charge in [-0.05, 0) is 18.6 Å². The molecule has 0 aliphatic carbocycles. The molecule has 16 heavy (non-hydrogen) atoms. The zero-order valence-electron chi connectivity index (χ0n) is 9.07. The van der Waals surface area contributed by atoms with Gasteiger partial charge < -0.3 is 10.3 Å². The number of aromatic nitrogens is 2. The van der Waals surface area contributed by atoms with Crippen molar-refractivity contribution in [2.75, 3.05) is 0 Å². The van der Waals surface area contributed by atoms with Crippen molar-refractivity contribution in [3.05, 3.63) is 53.1 Å². The first kappa shape index (κ1) is 11.2. The van der Waals surface area contributed by atoms with Gasteiger partial charge >= 0.3 is 0 Å². The third kappa shape index (κ3) is 2.62. The van der Waals surface area contributed by atoms with Crippen LogP contribution in [0.2, 0.25) is 5.02 Å². The monoisotopic (exact) mass is 235 g/mol. The van der Waals surface area contributed by atoms with Crippen LogP contribution in [0.3, 0.4) is 0 Å². The van der Waals surface area contributed by atoms with Crippen molar-refractivity contribution in [1.82, 2.24) is 15.3 Å². The first-order valence-electron chi connectivity index (χ1n) is 5.23. The third-order valence-corrected chi connectivity index (χ3v) is 2.85. The topological polar surface area (TPSA) is 40.7 Å². The SMILES string of the molecule is C[C@@H](NCc1ncc[nH]1)c1ccccc1Cl. The Morgan fingerprint density at radius 2 is 2.25 bits per heavy atom. The quantitative estimate of drug-likeness (QED) is 0.856. The molecule has 0 unspecified atom stereocenters. The Balaban J connectivity index is 1.98. The second-order valence-electron chi connectivity index (χ2n) is 3.66. The van der Waals surface area contributed by atoms with Crippen LogP contribution >= 0.6 is 11.6 Å². The minimum Gasteiger partial charge on any atom is -0.348 e. The molecule has 4 heteroatoms. The molecule has 0 bridgehead atoms. The molecule has 0 saturated carbocycles. The van der Waals surface area contributed by atoms with Crippen LogP contribution in [0.4, 0.5) is 0 Å². The summed E-state index contributed by atoms with van der Waals surface area (Å²) in [4.78, 5) is 7.21. The molecule has 0 fully saturated rings. The van der Waals surface area contributed by atoms with Crippen LogP contribution in [0.5, 0.6) is 0 Å². The first-order valence-corrected chi connectivity index (χ1v) is 5.61. The Bertz CT molecular complexity index is 439. The molecular weight excluding hydrogens is 222 g/mol. The molecule has 1 atom stereocenters. The number of nitrogens with zero attached hydrogens (tertiary/aromatic N) is 1. The minimum absolute atomic E-state index is 0.207. The number of hydrogen-bond donors (Lipinski definition) is 2. The predicted octanol–water partition coefficient (Wildman–Crippen LogP) is 2.91. The number of imidazole rings is 1. The second-order valence-corrected chi connectivity index (χ2v) is 4.07. The van der Waals surface area contributed by atoms with E-state index in [1.165, 1.54) is 0 Å². The summed E-state index contributed by atoms with van der Waals surface area (Å²) in [5, 5.41) is 4.16. The Morgan fingerprint density at radius 3 is 2.94 bits per heavy atom. The minimum atomic E-state index is 0.207. The number of hydrogen-bond acceptors (Lipinski definition) is 2. The molecule has 0 saturated heterocycles. The van der Waals surface area contributed by atoms with E-state index >= 15 is 0 Å². The molecule has 0 radical (unpaired) electrons. The van der Waals surface area contributed by atoms with Crippen molar-refractivity contribution in [2.45, 2.75) is 19.5 Å². The molecule has 0 amide bonds. The van der Waals surface area contributed by atoms with Crippen LogP contribution in [-0.4, -0.2) is 9.97 Å². The molecule has 1 heterocycles. The summed E-state index contributed by atoms with van der Waals surface area (Å²) < 4.78 is 0. The third-order valence-electron chi connectivity index (χ3n) is 2.50. The van der Waals surface area contributed by atoms with Gasteiger partial charge in [-0.15, -0.1) is 0 Å². The lowest BCUT2D eigenvalue weighted by Gasteiger charge is -2.14. The lowest BCUT2D eigenvalue weighted by Crippen LogP contribution is -2.19. The van der Waals surface area contributed by atoms with E-state index in [0.29, 0.717) is 6.54 Å². The zero-order chi connectivity index (χ0) is 11.4. The number of halogens is 1. The van der Waals surface area contributed by atoms with E-state index in [-0.39, 0.29) is 6.04 Å². The van der Waals surface area contributed by atoms with E-state index in [1.54, 1.807) is 6.20 Å². The summed E-state index contributed by atoms with van der Waals surface area (Å²) in [5.74, 6) is 0.930. The summed E-state index contributed by atoms with van der Waals surface area (Å²) in [6.07, 6.45) is 3.56. The van der Waals surface area contributed by atoms with Crippen LogP contribution in [-0.2, 0) is 6.54 Å². The van der Waals surface area contributed by atoms with Crippen molar-refractivity contribution in [3.63, 3.8) is 0 Å². The van der Waals surface area contributed by atoms with Crippen LogP contribution in [0.25, 0.3) is 0 Å². The summed E-state index contributed by atoms with van der Waals surface area (Å²) in [7, 11) is 0. The van der Waals surface area contributed by atoms with Gasteiger partial charge in [0.05, 0.1) is 6.54 Å². The first-order chi connectivity index (χ1) is 7.77. The Morgan fingerprint density at radius 1 is 1.44 bits per heavy atom. The van der Waals surface area contributed by atoms with Crippen molar-refractivity contribution in [3.8, 4) is 0 Å². The molecule has 0 aliphatic heterocycles. The van der Waals surface area contributed by atoms with Crippen LogP contribution in [0.15, 0.2) is 36.7 Å². The molecule has 2 N–H and O–H groups in total. The molecule has 0 aliphatic rings. The summed E-state index contributed by atoms with van der Waals surface area (Å²) in [6.45, 7) is 2.80. The van der Waals surface area contributed by atoms with E-state index in [1.807, 2.05) is 30.5 Å². The van der Waals surface area contributed by atoms with Gasteiger partial charge in [0.2, 0.25) is 0 Å². The highest BCUT2D eigenvalue weighted by Gasteiger charge is 2.08. The normalized spacial score (nSPS) is 12.6. The second kappa shape index (κ2) is 5.14. The maximum atomic E-state index is 6.12. The molecule has 84 valence electrons. The molecule has 1 aromatic carbocycles. The number of benzene rings is 1. The van der Waals surface area contributed by atoms with E-state index in [9.17, 15) is 0 Å². The lowest BCUT2D eigenvalue weighted by molar-refractivity contribution is 0.562. The number of rotatable bonds is 4. The average molecular weight is 236 g/mol. The van der Waals surface area contributed by atoms with Crippen LogP contribution in [0.1, 0.15) is 24.4 Å². The number of nitrogens with one attached hydrogen (secondary N) is 2. The fourth-order valence-electron chi connectivity index (χ4n) is 1.58. The standard InChI is InChI=1S/C12H14ClN3/c1-9(10-4-2-3-5-11(10)13)16-8-12-14-6-7-15-12/h2-7,9,16H,8H2,1H3,(H,14,15)/t9-/m1/s1. The predicted molar refractivity (Wildman–Crippen MR) is 65.3 cm³/mol. The van der Waals surface area contributed by atoms with E-state index < -0.39 is 0 Å². The molecule has 3 nitrogen and oxygen atoms in total. The molecule has 0 spiro atoms. The van der Waals surface area contributed by atoms with Gasteiger partial charge in [0.25, 0.3) is 0 Å². The van der Waals surface area contributed by atoms with Gasteiger partial charge in [0, 0.05) is 23.5 Å². The highest BCUT2D eigenvalue weighted by molar-refractivity contribution is 6.31. The number of aromatic amines is 1.